The molecule has 0 radical (unpaired) electrons. The highest BCUT2D eigenvalue weighted by Gasteiger charge is 2.20. The molecule has 11 aromatic rings. The molecule has 0 aliphatic heterocycles. The molecule has 0 aliphatic carbocycles. The summed E-state index contributed by atoms with van der Waals surface area (Å²) >= 11 is 1.83. The van der Waals surface area contributed by atoms with Gasteiger partial charge in [0.05, 0.1) is 11.0 Å². The van der Waals surface area contributed by atoms with Crippen LogP contribution in [0.2, 0.25) is 0 Å². The second kappa shape index (κ2) is 11.4. The molecule has 0 saturated heterocycles. The summed E-state index contributed by atoms with van der Waals surface area (Å²) in [7, 11) is 0. The van der Waals surface area contributed by atoms with Gasteiger partial charge in [0.1, 0.15) is 0 Å². The minimum absolute atomic E-state index is 0.592. The maximum Gasteiger partial charge on any atom is 0.238 e. The van der Waals surface area contributed by atoms with Gasteiger partial charge in [0, 0.05) is 42.1 Å². The maximum atomic E-state index is 5.29. The van der Waals surface area contributed by atoms with Crippen molar-refractivity contribution in [2.24, 2.45) is 0 Å². The zero-order chi connectivity index (χ0) is 34.2. The minimum Gasteiger partial charge on any atom is -0.278 e. The topological polar surface area (TPSA) is 43.6 Å². The molecule has 8 aromatic carbocycles. The van der Waals surface area contributed by atoms with Crippen LogP contribution in [-0.2, 0) is 0 Å². The average molecular weight is 681 g/mol. The molecule has 0 spiro atoms. The van der Waals surface area contributed by atoms with Crippen LogP contribution in [0.15, 0.2) is 170 Å². The lowest BCUT2D eigenvalue weighted by atomic mass is 10.0. The molecule has 0 unspecified atom stereocenters. The summed E-state index contributed by atoms with van der Waals surface area (Å²) in [4.78, 5) is 15.7. The Bertz CT molecular complexity index is 3100. The summed E-state index contributed by atoms with van der Waals surface area (Å²) in [5.74, 6) is 1.87. The Balaban J connectivity index is 1.22. The first-order valence-corrected chi connectivity index (χ1v) is 18.2. The van der Waals surface area contributed by atoms with Gasteiger partial charge in [-0.15, -0.1) is 11.3 Å². The van der Waals surface area contributed by atoms with Crippen LogP contribution in [0, 0.1) is 0 Å². The Morgan fingerprint density at radius 1 is 0.346 bits per heavy atom. The fourth-order valence-corrected chi connectivity index (χ4v) is 8.76. The van der Waals surface area contributed by atoms with E-state index in [1.54, 1.807) is 0 Å². The molecule has 3 aromatic heterocycles. The smallest absolute Gasteiger partial charge is 0.238 e. The van der Waals surface area contributed by atoms with Crippen LogP contribution in [-0.4, -0.2) is 19.5 Å². The van der Waals surface area contributed by atoms with Crippen molar-refractivity contribution in [3.8, 4) is 39.9 Å². The van der Waals surface area contributed by atoms with E-state index in [9.17, 15) is 0 Å². The van der Waals surface area contributed by atoms with Gasteiger partial charge in [-0.1, -0.05) is 127 Å². The maximum absolute atomic E-state index is 5.29. The molecule has 0 aliphatic rings. The SMILES string of the molecule is c1ccc(-c2ccc3c(c2)c2cc4c(cc2n3-c2nc(-c3ccc5ccccc5c3)nc(-c3ccc5ccccc5c3)n2)sc2ccccc24)cc1. The molecule has 5 heteroatoms. The van der Waals surface area contributed by atoms with Crippen molar-refractivity contribution in [1.29, 1.82) is 0 Å². The van der Waals surface area contributed by atoms with Crippen molar-refractivity contribution in [1.82, 2.24) is 19.5 Å². The lowest BCUT2D eigenvalue weighted by Gasteiger charge is -2.12. The second-order valence-corrected chi connectivity index (χ2v) is 14.4. The molecule has 3 heterocycles. The Labute approximate surface area is 302 Å². The molecule has 0 atom stereocenters. The Morgan fingerprint density at radius 3 is 1.65 bits per heavy atom. The Kier molecular flexibility index (Phi) is 6.39. The molecule has 11 rings (SSSR count). The molecule has 0 fully saturated rings. The lowest BCUT2D eigenvalue weighted by molar-refractivity contribution is 0.954. The molecule has 0 bridgehead atoms. The van der Waals surface area contributed by atoms with Crippen LogP contribution in [0.4, 0.5) is 0 Å². The van der Waals surface area contributed by atoms with Crippen LogP contribution in [0.5, 0.6) is 0 Å². The Hall–Kier alpha value is -6.69. The highest BCUT2D eigenvalue weighted by Crippen LogP contribution is 2.41. The largest absolute Gasteiger partial charge is 0.278 e. The van der Waals surface area contributed by atoms with E-state index in [0.717, 1.165) is 38.3 Å². The van der Waals surface area contributed by atoms with Crippen molar-refractivity contribution in [3.05, 3.63) is 170 Å². The standard InChI is InChI=1S/C47H28N4S/c1-2-10-29(11-3-1)34-22-23-41-38(26-34)39-27-40-37-16-8-9-17-43(37)52-44(40)28-42(39)51(41)47-49-45(35-20-18-30-12-4-6-14-32(30)24-35)48-46(50-47)36-21-19-31-13-5-7-15-33(31)25-36/h1-28H. The molecular formula is C47H28N4S. The van der Waals surface area contributed by atoms with Gasteiger partial charge in [0.2, 0.25) is 5.95 Å². The van der Waals surface area contributed by atoms with E-state index >= 15 is 0 Å². The van der Waals surface area contributed by atoms with E-state index in [0.29, 0.717) is 17.6 Å². The van der Waals surface area contributed by atoms with Crippen molar-refractivity contribution in [2.75, 3.05) is 0 Å². The number of hydrogen-bond donors (Lipinski definition) is 0. The first kappa shape index (κ1) is 29.1. The van der Waals surface area contributed by atoms with Crippen LogP contribution < -0.4 is 0 Å². The van der Waals surface area contributed by atoms with Gasteiger partial charge in [0.25, 0.3) is 0 Å². The lowest BCUT2D eigenvalue weighted by Crippen LogP contribution is -2.06. The number of thiophene rings is 1. The van der Waals surface area contributed by atoms with Gasteiger partial charge < -0.3 is 0 Å². The Morgan fingerprint density at radius 2 is 0.942 bits per heavy atom. The molecule has 0 amide bonds. The van der Waals surface area contributed by atoms with Crippen molar-refractivity contribution >= 4 is 74.9 Å². The summed E-state index contributed by atoms with van der Waals surface area (Å²) < 4.78 is 4.75. The summed E-state index contributed by atoms with van der Waals surface area (Å²) in [6.45, 7) is 0. The van der Waals surface area contributed by atoms with Crippen LogP contribution in [0.3, 0.4) is 0 Å². The highest BCUT2D eigenvalue weighted by molar-refractivity contribution is 7.25. The number of hydrogen-bond acceptors (Lipinski definition) is 4. The number of rotatable bonds is 4. The normalized spacial score (nSPS) is 11.8. The fraction of sp³-hybridized carbons (Fsp3) is 0. The minimum atomic E-state index is 0.592. The molecular weight excluding hydrogens is 653 g/mol. The molecule has 242 valence electrons. The van der Waals surface area contributed by atoms with Gasteiger partial charge in [-0.3, -0.25) is 4.57 Å². The highest BCUT2D eigenvalue weighted by atomic mass is 32.1. The van der Waals surface area contributed by atoms with Gasteiger partial charge in [0.15, 0.2) is 11.6 Å². The third-order valence-corrected chi connectivity index (χ3v) is 11.3. The van der Waals surface area contributed by atoms with E-state index in [4.69, 9.17) is 15.0 Å². The molecule has 52 heavy (non-hydrogen) atoms. The van der Waals surface area contributed by atoms with Gasteiger partial charge in [-0.2, -0.15) is 9.97 Å². The number of fused-ring (bicyclic) bond motifs is 8. The van der Waals surface area contributed by atoms with E-state index in [-0.39, 0.29) is 0 Å². The van der Waals surface area contributed by atoms with Crippen LogP contribution >= 0.6 is 11.3 Å². The second-order valence-electron chi connectivity index (χ2n) is 13.3. The van der Waals surface area contributed by atoms with Gasteiger partial charge in [-0.05, 0) is 75.1 Å². The van der Waals surface area contributed by atoms with E-state index in [1.807, 2.05) is 11.3 Å². The number of aromatic nitrogens is 4. The third-order valence-electron chi connectivity index (χ3n) is 10.2. The molecule has 0 N–H and O–H groups in total. The van der Waals surface area contributed by atoms with Crippen molar-refractivity contribution in [3.63, 3.8) is 0 Å². The summed E-state index contributed by atoms with van der Waals surface area (Å²) in [6.07, 6.45) is 0. The summed E-state index contributed by atoms with van der Waals surface area (Å²) in [6, 6.07) is 60.4. The van der Waals surface area contributed by atoms with Crippen molar-refractivity contribution in [2.45, 2.75) is 0 Å². The monoisotopic (exact) mass is 680 g/mol. The average Bonchev–Trinajstić information content (AvgIpc) is 3.74. The number of nitrogens with zero attached hydrogens (tertiary/aromatic N) is 4. The zero-order valence-electron chi connectivity index (χ0n) is 27.9. The third kappa shape index (κ3) is 4.64. The first-order chi connectivity index (χ1) is 25.7. The first-order valence-electron chi connectivity index (χ1n) is 17.4. The molecule has 4 nitrogen and oxygen atoms in total. The van der Waals surface area contributed by atoms with Crippen LogP contribution in [0.1, 0.15) is 0 Å². The predicted octanol–water partition coefficient (Wildman–Crippen LogP) is 12.6. The van der Waals surface area contributed by atoms with E-state index < -0.39 is 0 Å². The van der Waals surface area contributed by atoms with Gasteiger partial charge in [-0.25, -0.2) is 4.98 Å². The van der Waals surface area contributed by atoms with Gasteiger partial charge >= 0.3 is 0 Å². The summed E-state index contributed by atoms with van der Waals surface area (Å²) in [5.41, 5.74) is 6.37. The van der Waals surface area contributed by atoms with Crippen molar-refractivity contribution < 1.29 is 0 Å². The van der Waals surface area contributed by atoms with E-state index in [1.165, 1.54) is 47.5 Å². The molecule has 0 saturated carbocycles. The fourth-order valence-electron chi connectivity index (χ4n) is 7.64. The van der Waals surface area contributed by atoms with Crippen LogP contribution in [0.25, 0.3) is 103 Å². The summed E-state index contributed by atoms with van der Waals surface area (Å²) in [5, 5.41) is 9.53. The number of benzene rings is 8. The van der Waals surface area contributed by atoms with E-state index in [2.05, 4.69) is 174 Å². The quantitative estimate of drug-likeness (QED) is 0.186. The zero-order valence-corrected chi connectivity index (χ0v) is 28.7. The predicted molar refractivity (Wildman–Crippen MR) is 218 cm³/mol.